The second kappa shape index (κ2) is 9.30. The van der Waals surface area contributed by atoms with E-state index in [2.05, 4.69) is 11.6 Å². The molecule has 2 nitrogen and oxygen atoms in total. The minimum Gasteiger partial charge on any atom is -0.333 e. The topological polar surface area (TPSA) is 16.1 Å². The molecule has 0 radical (unpaired) electrons. The molecule has 0 aliphatic carbocycles. The summed E-state index contributed by atoms with van der Waals surface area (Å²) in [6.45, 7) is 6.48. The Morgan fingerprint density at radius 3 is 2.11 bits per heavy atom. The van der Waals surface area contributed by atoms with Crippen molar-refractivity contribution in [3.05, 3.63) is 89.7 Å². The van der Waals surface area contributed by atoms with Crippen molar-refractivity contribution < 1.29 is 22.0 Å². The summed E-state index contributed by atoms with van der Waals surface area (Å²) in [6.07, 6.45) is -0.301. The fourth-order valence-corrected chi connectivity index (χ4v) is 2.77. The monoisotopic (exact) mass is 394 g/mol. The molecule has 0 saturated carbocycles. The number of halogens is 5. The van der Waals surface area contributed by atoms with Gasteiger partial charge in [-0.1, -0.05) is 50.8 Å². The molecule has 0 N–H and O–H groups in total. The Morgan fingerprint density at radius 1 is 1.00 bits per heavy atom. The lowest BCUT2D eigenvalue weighted by Gasteiger charge is -2.33. The first kappa shape index (κ1) is 21.3. The van der Waals surface area contributed by atoms with Gasteiger partial charge in [-0.25, -0.2) is 22.0 Å². The summed E-state index contributed by atoms with van der Waals surface area (Å²) in [5.74, 6) is -2.95. The van der Waals surface area contributed by atoms with Crippen molar-refractivity contribution >= 4 is 11.3 Å². The molecule has 2 heterocycles. The van der Waals surface area contributed by atoms with Crippen molar-refractivity contribution in [2.45, 2.75) is 20.3 Å². The van der Waals surface area contributed by atoms with Crippen LogP contribution < -0.4 is 0 Å². The van der Waals surface area contributed by atoms with E-state index in [1.807, 2.05) is 13.8 Å². The molecule has 3 rings (SSSR count). The fraction of sp³-hybridized carbons (Fsp3) is 0.190. The van der Waals surface area contributed by atoms with Crippen molar-refractivity contribution in [1.29, 1.82) is 0 Å². The van der Waals surface area contributed by atoms with Crippen LogP contribution in [0.2, 0.25) is 0 Å². The average Bonchev–Trinajstić information content (AvgIpc) is 2.68. The molecule has 2 aromatic rings. The van der Waals surface area contributed by atoms with Gasteiger partial charge in [0.15, 0.2) is 11.6 Å². The number of hydrogen-bond acceptors (Lipinski definition) is 2. The summed E-state index contributed by atoms with van der Waals surface area (Å²) in [4.78, 5) is 4.20. The number of benzene rings is 1. The van der Waals surface area contributed by atoms with Gasteiger partial charge in [-0.3, -0.25) is 4.98 Å². The van der Waals surface area contributed by atoms with Crippen molar-refractivity contribution in [3.8, 4) is 0 Å². The van der Waals surface area contributed by atoms with Gasteiger partial charge >= 0.3 is 0 Å². The van der Waals surface area contributed by atoms with E-state index in [0.717, 1.165) is 23.4 Å². The largest absolute Gasteiger partial charge is 0.333 e. The molecule has 1 aromatic heterocycles. The lowest BCUT2D eigenvalue weighted by molar-refractivity contribution is 0.122. The van der Waals surface area contributed by atoms with Crippen molar-refractivity contribution in [2.75, 3.05) is 6.54 Å². The van der Waals surface area contributed by atoms with Gasteiger partial charge in [-0.15, -0.1) is 0 Å². The van der Waals surface area contributed by atoms with E-state index in [4.69, 9.17) is 0 Å². The smallest absolute Gasteiger partial charge is 0.256 e. The molecule has 1 aliphatic heterocycles. The summed E-state index contributed by atoms with van der Waals surface area (Å²) < 4.78 is 69.3. The van der Waals surface area contributed by atoms with Crippen molar-refractivity contribution in [3.63, 3.8) is 0 Å². The minimum atomic E-state index is -2.88. The number of alkyl halides is 2. The van der Waals surface area contributed by atoms with E-state index in [1.54, 1.807) is 30.3 Å². The maximum absolute atomic E-state index is 14.4. The highest BCUT2D eigenvalue weighted by Gasteiger charge is 2.31. The zero-order valence-electron chi connectivity index (χ0n) is 15.4. The average molecular weight is 394 g/mol. The van der Waals surface area contributed by atoms with E-state index in [1.165, 1.54) is 0 Å². The molecule has 0 amide bonds. The van der Waals surface area contributed by atoms with Gasteiger partial charge in [0.25, 0.3) is 6.43 Å². The van der Waals surface area contributed by atoms with Gasteiger partial charge in [0.05, 0.1) is 35.9 Å². The Hall–Kier alpha value is -2.96. The zero-order chi connectivity index (χ0) is 20.8. The van der Waals surface area contributed by atoms with Crippen LogP contribution in [-0.2, 0) is 0 Å². The van der Waals surface area contributed by atoms with Gasteiger partial charge < -0.3 is 4.90 Å². The van der Waals surface area contributed by atoms with E-state index < -0.39 is 41.7 Å². The summed E-state index contributed by atoms with van der Waals surface area (Å²) in [6, 6.07) is 8.17. The van der Waals surface area contributed by atoms with Crippen molar-refractivity contribution in [2.24, 2.45) is 0 Å². The summed E-state index contributed by atoms with van der Waals surface area (Å²) in [5, 5.41) is 0. The molecule has 28 heavy (non-hydrogen) atoms. The third-order valence-corrected chi connectivity index (χ3v) is 3.89. The first-order valence-electron chi connectivity index (χ1n) is 8.61. The van der Waals surface area contributed by atoms with E-state index >= 15 is 0 Å². The summed E-state index contributed by atoms with van der Waals surface area (Å²) in [5.41, 5.74) is -0.694. The predicted molar refractivity (Wildman–Crippen MR) is 99.8 cm³/mol. The lowest BCUT2D eigenvalue weighted by atomic mass is 9.94. The van der Waals surface area contributed by atoms with Crippen LogP contribution >= 0.6 is 0 Å². The molecule has 0 fully saturated rings. The zero-order valence-corrected chi connectivity index (χ0v) is 15.4. The van der Waals surface area contributed by atoms with Gasteiger partial charge in [0, 0.05) is 5.57 Å². The van der Waals surface area contributed by atoms with Crippen LogP contribution in [0.1, 0.15) is 25.0 Å². The summed E-state index contributed by atoms with van der Waals surface area (Å²) >= 11 is 0. The standard InChI is InChI=1S/C19H13F5N2.C2H6/c1-11-14(20)7-13(12-5-3-2-4-6-12)19(26(11)10-17(23)24)18-15(21)8-25-9-16(18)22;1-2/h2-9,17H,1,10H2;1-2H3. The molecule has 0 atom stereocenters. The fourth-order valence-electron chi connectivity index (χ4n) is 2.77. The first-order valence-corrected chi connectivity index (χ1v) is 8.61. The first-order chi connectivity index (χ1) is 13.4. The van der Waals surface area contributed by atoms with Crippen LogP contribution in [0, 0.1) is 11.6 Å². The van der Waals surface area contributed by atoms with Crippen LogP contribution in [0.5, 0.6) is 0 Å². The maximum Gasteiger partial charge on any atom is 0.256 e. The maximum atomic E-state index is 14.4. The number of nitrogens with zero attached hydrogens (tertiary/aromatic N) is 2. The normalized spacial score (nSPS) is 14.1. The molecule has 0 bridgehead atoms. The van der Waals surface area contributed by atoms with Crippen LogP contribution in [-0.4, -0.2) is 22.9 Å². The molecular formula is C21H19F5N2. The Bertz CT molecular complexity index is 884. The Kier molecular flexibility index (Phi) is 7.09. The molecule has 148 valence electrons. The number of hydrogen-bond donors (Lipinski definition) is 0. The van der Waals surface area contributed by atoms with Crippen LogP contribution in [0.4, 0.5) is 22.0 Å². The van der Waals surface area contributed by atoms with Gasteiger partial charge in [0.2, 0.25) is 0 Å². The number of aromatic nitrogens is 1. The number of allylic oxidation sites excluding steroid dienone is 3. The Labute approximate surface area is 160 Å². The van der Waals surface area contributed by atoms with Gasteiger partial charge in [0.1, 0.15) is 5.83 Å². The number of pyridine rings is 1. The van der Waals surface area contributed by atoms with Gasteiger partial charge in [-0.2, -0.15) is 0 Å². The molecule has 0 unspecified atom stereocenters. The van der Waals surface area contributed by atoms with Crippen LogP contribution in [0.3, 0.4) is 0 Å². The molecule has 7 heteroatoms. The quantitative estimate of drug-likeness (QED) is 0.574. The second-order valence-corrected chi connectivity index (χ2v) is 5.55. The highest BCUT2D eigenvalue weighted by Crippen LogP contribution is 2.41. The van der Waals surface area contributed by atoms with Crippen LogP contribution in [0.25, 0.3) is 11.3 Å². The second-order valence-electron chi connectivity index (χ2n) is 5.55. The van der Waals surface area contributed by atoms with E-state index in [9.17, 15) is 22.0 Å². The number of rotatable bonds is 4. The lowest BCUT2D eigenvalue weighted by Crippen LogP contribution is -2.30. The predicted octanol–water partition coefficient (Wildman–Crippen LogP) is 6.20. The highest BCUT2D eigenvalue weighted by molar-refractivity contribution is 5.97. The SMILES string of the molecule is C=C1C(F)=CC(c2ccccc2)=C(c2c(F)cncc2F)N1CC(F)F.CC. The Balaban J connectivity index is 0.00000136. The van der Waals surface area contributed by atoms with E-state index in [0.29, 0.717) is 5.56 Å². The summed E-state index contributed by atoms with van der Waals surface area (Å²) in [7, 11) is 0. The van der Waals surface area contributed by atoms with Crippen LogP contribution in [0.15, 0.2) is 66.9 Å². The van der Waals surface area contributed by atoms with Gasteiger partial charge in [-0.05, 0) is 11.6 Å². The third-order valence-electron chi connectivity index (χ3n) is 3.89. The third kappa shape index (κ3) is 4.30. The molecule has 1 aliphatic rings. The highest BCUT2D eigenvalue weighted by atomic mass is 19.3. The molecule has 0 saturated heterocycles. The van der Waals surface area contributed by atoms with Crippen molar-refractivity contribution in [1.82, 2.24) is 9.88 Å². The molecule has 0 spiro atoms. The van der Waals surface area contributed by atoms with E-state index in [-0.39, 0.29) is 11.3 Å². The molecular weight excluding hydrogens is 375 g/mol. The minimum absolute atomic E-state index is 0.0696. The molecule has 1 aromatic carbocycles. The Morgan fingerprint density at radius 2 is 1.57 bits per heavy atom.